The molecule has 0 aliphatic carbocycles. The second kappa shape index (κ2) is 6.14. The monoisotopic (exact) mass is 280 g/mol. The normalized spacial score (nSPS) is 24.1. The van der Waals surface area contributed by atoms with Gasteiger partial charge in [0.1, 0.15) is 5.82 Å². The van der Waals surface area contributed by atoms with E-state index >= 15 is 0 Å². The number of aryl methyl sites for hydroxylation is 2. The Morgan fingerprint density at radius 3 is 2.80 bits per heavy atom. The van der Waals surface area contributed by atoms with Crippen molar-refractivity contribution in [2.45, 2.75) is 58.2 Å². The lowest BCUT2D eigenvalue weighted by Crippen LogP contribution is -2.38. The van der Waals surface area contributed by atoms with Crippen LogP contribution in [-0.2, 0) is 18.2 Å². The number of nitrogens with zero attached hydrogens (tertiary/aromatic N) is 3. The average Bonchev–Trinajstić information content (AvgIpc) is 2.93. The Balaban J connectivity index is 2.29. The topological polar surface area (TPSA) is 56.3 Å². The van der Waals surface area contributed by atoms with E-state index < -0.39 is 0 Å². The first-order chi connectivity index (χ1) is 9.45. The molecule has 1 saturated heterocycles. The van der Waals surface area contributed by atoms with E-state index in [1.165, 1.54) is 11.4 Å². The second-order valence-electron chi connectivity index (χ2n) is 5.93. The van der Waals surface area contributed by atoms with Crippen LogP contribution in [0.15, 0.2) is 0 Å². The Labute approximate surface area is 122 Å². The summed E-state index contributed by atoms with van der Waals surface area (Å²) >= 11 is 0. The van der Waals surface area contributed by atoms with Gasteiger partial charge in [-0.3, -0.25) is 4.68 Å². The van der Waals surface area contributed by atoms with Crippen molar-refractivity contribution in [2.24, 2.45) is 12.8 Å². The van der Waals surface area contributed by atoms with Gasteiger partial charge in [-0.25, -0.2) is 0 Å². The summed E-state index contributed by atoms with van der Waals surface area (Å²) < 4.78 is 7.69. The van der Waals surface area contributed by atoms with Crippen molar-refractivity contribution in [3.8, 4) is 0 Å². The lowest BCUT2D eigenvalue weighted by Gasteiger charge is -2.30. The standard InChI is InChI=1S/C15H28N4O/c1-6-12(16)9-13-10(2)17-19(5)15(13)18(4)14-7-8-20-11(14)3/h11-12,14H,6-9,16H2,1-5H3. The number of aromatic nitrogens is 2. The Hall–Kier alpha value is -1.07. The van der Waals surface area contributed by atoms with Crippen LogP contribution in [0.3, 0.4) is 0 Å². The minimum Gasteiger partial charge on any atom is -0.376 e. The molecule has 0 spiro atoms. The highest BCUT2D eigenvalue weighted by molar-refractivity contribution is 5.51. The third-order valence-electron chi connectivity index (χ3n) is 4.47. The van der Waals surface area contributed by atoms with Crippen molar-refractivity contribution in [1.29, 1.82) is 0 Å². The Morgan fingerprint density at radius 2 is 2.25 bits per heavy atom. The summed E-state index contributed by atoms with van der Waals surface area (Å²) in [7, 11) is 4.16. The zero-order valence-electron chi connectivity index (χ0n) is 13.4. The van der Waals surface area contributed by atoms with E-state index in [1.54, 1.807) is 0 Å². The van der Waals surface area contributed by atoms with Crippen LogP contribution in [0.2, 0.25) is 0 Å². The molecular weight excluding hydrogens is 252 g/mol. The summed E-state index contributed by atoms with van der Waals surface area (Å²) in [6.45, 7) is 7.20. The fourth-order valence-corrected chi connectivity index (χ4v) is 3.16. The first-order valence-corrected chi connectivity index (χ1v) is 7.58. The van der Waals surface area contributed by atoms with E-state index in [1.807, 2.05) is 11.7 Å². The molecule has 0 bridgehead atoms. The Morgan fingerprint density at radius 1 is 1.55 bits per heavy atom. The van der Waals surface area contributed by atoms with Crippen LogP contribution in [0.5, 0.6) is 0 Å². The van der Waals surface area contributed by atoms with Gasteiger partial charge in [0.15, 0.2) is 0 Å². The van der Waals surface area contributed by atoms with Gasteiger partial charge in [-0.05, 0) is 33.1 Å². The van der Waals surface area contributed by atoms with Gasteiger partial charge in [0.05, 0.1) is 17.8 Å². The quantitative estimate of drug-likeness (QED) is 0.890. The smallest absolute Gasteiger partial charge is 0.130 e. The maximum Gasteiger partial charge on any atom is 0.130 e. The molecule has 1 aliphatic heterocycles. The van der Waals surface area contributed by atoms with Crippen LogP contribution in [0.25, 0.3) is 0 Å². The van der Waals surface area contributed by atoms with Gasteiger partial charge in [0, 0.05) is 32.3 Å². The molecule has 1 aliphatic rings. The van der Waals surface area contributed by atoms with E-state index in [2.05, 4.69) is 37.8 Å². The molecule has 2 N–H and O–H groups in total. The van der Waals surface area contributed by atoms with Gasteiger partial charge in [0.25, 0.3) is 0 Å². The highest BCUT2D eigenvalue weighted by Crippen LogP contribution is 2.29. The van der Waals surface area contributed by atoms with Crippen LogP contribution in [0.1, 0.15) is 37.9 Å². The molecule has 5 heteroatoms. The fourth-order valence-electron chi connectivity index (χ4n) is 3.16. The van der Waals surface area contributed by atoms with E-state index in [0.717, 1.165) is 31.6 Å². The minimum atomic E-state index is 0.197. The molecule has 2 heterocycles. The first kappa shape index (κ1) is 15.3. The summed E-state index contributed by atoms with van der Waals surface area (Å²) in [5.41, 5.74) is 8.52. The molecule has 0 aromatic carbocycles. The van der Waals surface area contributed by atoms with Crippen molar-refractivity contribution in [3.05, 3.63) is 11.3 Å². The van der Waals surface area contributed by atoms with Crippen molar-refractivity contribution < 1.29 is 4.74 Å². The molecular formula is C15H28N4O. The molecule has 0 amide bonds. The van der Waals surface area contributed by atoms with E-state index in [9.17, 15) is 0 Å². The second-order valence-corrected chi connectivity index (χ2v) is 5.93. The SMILES string of the molecule is CCC(N)Cc1c(C)nn(C)c1N(C)C1CCOC1C. The summed E-state index contributed by atoms with van der Waals surface area (Å²) in [5.74, 6) is 1.19. The van der Waals surface area contributed by atoms with Crippen LogP contribution >= 0.6 is 0 Å². The highest BCUT2D eigenvalue weighted by Gasteiger charge is 2.31. The zero-order valence-corrected chi connectivity index (χ0v) is 13.4. The zero-order chi connectivity index (χ0) is 14.9. The summed E-state index contributed by atoms with van der Waals surface area (Å²) in [4.78, 5) is 2.33. The van der Waals surface area contributed by atoms with E-state index in [4.69, 9.17) is 10.5 Å². The number of likely N-dealkylation sites (N-methyl/N-ethyl adjacent to an activating group) is 1. The molecule has 5 nitrogen and oxygen atoms in total. The first-order valence-electron chi connectivity index (χ1n) is 7.58. The molecule has 3 unspecified atom stereocenters. The molecule has 2 rings (SSSR count). The maximum atomic E-state index is 6.15. The third kappa shape index (κ3) is 2.83. The van der Waals surface area contributed by atoms with Crippen molar-refractivity contribution in [2.75, 3.05) is 18.6 Å². The molecule has 0 saturated carbocycles. The van der Waals surface area contributed by atoms with Gasteiger partial charge in [0.2, 0.25) is 0 Å². The number of ether oxygens (including phenoxy) is 1. The predicted octanol–water partition coefficient (Wildman–Crippen LogP) is 1.62. The maximum absolute atomic E-state index is 6.15. The molecule has 114 valence electrons. The predicted molar refractivity (Wildman–Crippen MR) is 82.1 cm³/mol. The summed E-state index contributed by atoms with van der Waals surface area (Å²) in [5, 5.41) is 4.59. The fraction of sp³-hybridized carbons (Fsp3) is 0.800. The lowest BCUT2D eigenvalue weighted by atomic mass is 10.0. The number of nitrogens with two attached hydrogens (primary N) is 1. The van der Waals surface area contributed by atoms with Crippen LogP contribution in [0.4, 0.5) is 5.82 Å². The van der Waals surface area contributed by atoms with E-state index in [-0.39, 0.29) is 12.1 Å². The molecule has 0 radical (unpaired) electrons. The number of hydrogen-bond acceptors (Lipinski definition) is 4. The van der Waals surface area contributed by atoms with Crippen LogP contribution < -0.4 is 10.6 Å². The minimum absolute atomic E-state index is 0.197. The highest BCUT2D eigenvalue weighted by atomic mass is 16.5. The third-order valence-corrected chi connectivity index (χ3v) is 4.47. The Bertz CT molecular complexity index is 457. The molecule has 1 aromatic heterocycles. The van der Waals surface area contributed by atoms with Gasteiger partial charge < -0.3 is 15.4 Å². The number of rotatable bonds is 5. The molecule has 1 fully saturated rings. The van der Waals surface area contributed by atoms with Crippen molar-refractivity contribution in [3.63, 3.8) is 0 Å². The molecule has 3 atom stereocenters. The van der Waals surface area contributed by atoms with Gasteiger partial charge in [-0.1, -0.05) is 6.92 Å². The average molecular weight is 280 g/mol. The van der Waals surface area contributed by atoms with Crippen LogP contribution in [0, 0.1) is 6.92 Å². The molecule has 1 aromatic rings. The van der Waals surface area contributed by atoms with Gasteiger partial charge in [-0.15, -0.1) is 0 Å². The lowest BCUT2D eigenvalue weighted by molar-refractivity contribution is 0.118. The number of anilines is 1. The van der Waals surface area contributed by atoms with Crippen molar-refractivity contribution in [1.82, 2.24) is 9.78 Å². The summed E-state index contributed by atoms with van der Waals surface area (Å²) in [6, 6.07) is 0.615. The van der Waals surface area contributed by atoms with Crippen molar-refractivity contribution >= 4 is 5.82 Å². The van der Waals surface area contributed by atoms with Gasteiger partial charge >= 0.3 is 0 Å². The summed E-state index contributed by atoms with van der Waals surface area (Å²) in [6.07, 6.45) is 3.21. The van der Waals surface area contributed by atoms with Gasteiger partial charge in [-0.2, -0.15) is 5.10 Å². The van der Waals surface area contributed by atoms with Crippen LogP contribution in [-0.4, -0.2) is 41.6 Å². The Kier molecular flexibility index (Phi) is 4.70. The number of hydrogen-bond donors (Lipinski definition) is 1. The largest absolute Gasteiger partial charge is 0.376 e. The molecule has 20 heavy (non-hydrogen) atoms. The van der Waals surface area contributed by atoms with E-state index in [0.29, 0.717) is 6.04 Å².